The Bertz CT molecular complexity index is 619. The maximum absolute atomic E-state index is 11.0. The molecule has 19 heavy (non-hydrogen) atoms. The molecule has 0 saturated carbocycles. The van der Waals surface area contributed by atoms with E-state index in [1.165, 1.54) is 17.8 Å². The molecule has 0 saturated heterocycles. The van der Waals surface area contributed by atoms with Crippen LogP contribution in [0.4, 0.5) is 5.69 Å². The molecule has 0 spiro atoms. The minimum absolute atomic E-state index is 0.0854. The Labute approximate surface area is 123 Å². The number of rotatable bonds is 4. The van der Waals surface area contributed by atoms with Gasteiger partial charge in [-0.3, -0.25) is 10.1 Å². The van der Waals surface area contributed by atoms with Gasteiger partial charge < -0.3 is 4.74 Å². The first kappa shape index (κ1) is 13.9. The van der Waals surface area contributed by atoms with Crippen LogP contribution in [0.3, 0.4) is 0 Å². The summed E-state index contributed by atoms with van der Waals surface area (Å²) in [6.45, 7) is 0. The summed E-state index contributed by atoms with van der Waals surface area (Å²) in [5.74, 6) is 0.727. The van der Waals surface area contributed by atoms with Gasteiger partial charge in [0.2, 0.25) is 0 Å². The number of methoxy groups -OCH3 is 1. The highest BCUT2D eigenvalue weighted by Gasteiger charge is 2.15. The van der Waals surface area contributed by atoms with Gasteiger partial charge in [-0.2, -0.15) is 0 Å². The van der Waals surface area contributed by atoms with E-state index in [0.29, 0.717) is 9.37 Å². The number of hydrogen-bond acceptors (Lipinski definition) is 4. The van der Waals surface area contributed by atoms with Crippen LogP contribution >= 0.6 is 27.7 Å². The van der Waals surface area contributed by atoms with E-state index >= 15 is 0 Å². The zero-order valence-corrected chi connectivity index (χ0v) is 12.4. The van der Waals surface area contributed by atoms with Gasteiger partial charge in [0.15, 0.2) is 0 Å². The van der Waals surface area contributed by atoms with Gasteiger partial charge in [-0.25, -0.2) is 0 Å². The summed E-state index contributed by atoms with van der Waals surface area (Å²) < 4.78 is 5.82. The van der Waals surface area contributed by atoms with E-state index in [1.807, 2.05) is 24.3 Å². The predicted molar refractivity (Wildman–Crippen MR) is 77.9 cm³/mol. The Hall–Kier alpha value is -1.53. The van der Waals surface area contributed by atoms with Crippen LogP contribution < -0.4 is 4.74 Å². The molecule has 0 bridgehead atoms. The quantitative estimate of drug-likeness (QED) is 0.607. The second-order valence-electron chi connectivity index (χ2n) is 3.65. The maximum atomic E-state index is 11.0. The number of nitrogens with zero attached hydrogens (tertiary/aromatic N) is 1. The first-order valence-electron chi connectivity index (χ1n) is 5.36. The molecule has 0 unspecified atom stereocenters. The molecule has 0 aliphatic carbocycles. The van der Waals surface area contributed by atoms with Crippen molar-refractivity contribution >= 4 is 33.4 Å². The third-order valence-corrected chi connectivity index (χ3v) is 3.93. The summed E-state index contributed by atoms with van der Waals surface area (Å²) >= 11 is 4.58. The number of nitro groups is 1. The fourth-order valence-electron chi connectivity index (χ4n) is 1.51. The molecule has 0 amide bonds. The van der Waals surface area contributed by atoms with Gasteiger partial charge in [-0.05, 0) is 30.3 Å². The number of hydrogen-bond donors (Lipinski definition) is 0. The average molecular weight is 340 g/mol. The van der Waals surface area contributed by atoms with E-state index in [2.05, 4.69) is 15.9 Å². The molecule has 2 aromatic carbocycles. The summed E-state index contributed by atoms with van der Waals surface area (Å²) in [7, 11) is 1.59. The smallest absolute Gasteiger partial charge is 0.284 e. The van der Waals surface area contributed by atoms with E-state index in [1.54, 1.807) is 19.2 Å². The van der Waals surface area contributed by atoms with E-state index in [0.717, 1.165) is 10.6 Å². The Balaban J connectivity index is 2.34. The van der Waals surface area contributed by atoms with Crippen molar-refractivity contribution < 1.29 is 9.66 Å². The topological polar surface area (TPSA) is 52.4 Å². The molecule has 98 valence electrons. The third kappa shape index (κ3) is 3.48. The molecule has 0 aliphatic heterocycles. The molecule has 6 heteroatoms. The number of nitro benzene ring substituents is 1. The molecule has 0 atom stereocenters. The molecule has 0 heterocycles. The van der Waals surface area contributed by atoms with Crippen LogP contribution in [0.25, 0.3) is 0 Å². The SMILES string of the molecule is COc1cccc(Sc2ccc(Br)cc2[N+](=O)[O-])c1. The lowest BCUT2D eigenvalue weighted by atomic mass is 10.3. The van der Waals surface area contributed by atoms with Gasteiger partial charge >= 0.3 is 0 Å². The van der Waals surface area contributed by atoms with Gasteiger partial charge in [0, 0.05) is 15.4 Å². The van der Waals surface area contributed by atoms with Gasteiger partial charge in [-0.1, -0.05) is 33.8 Å². The zero-order valence-electron chi connectivity index (χ0n) is 10.00. The Morgan fingerprint density at radius 3 is 2.74 bits per heavy atom. The molecule has 0 N–H and O–H groups in total. The van der Waals surface area contributed by atoms with Crippen LogP contribution in [-0.2, 0) is 0 Å². The number of benzene rings is 2. The molecular formula is C13H10BrNO3S. The van der Waals surface area contributed by atoms with Gasteiger partial charge in [-0.15, -0.1) is 0 Å². The Kier molecular flexibility index (Phi) is 4.44. The van der Waals surface area contributed by atoms with Gasteiger partial charge in [0.05, 0.1) is 16.9 Å². The summed E-state index contributed by atoms with van der Waals surface area (Å²) in [5.41, 5.74) is 0.0854. The minimum atomic E-state index is -0.382. The van der Waals surface area contributed by atoms with Crippen molar-refractivity contribution in [3.05, 3.63) is 57.1 Å². The van der Waals surface area contributed by atoms with Gasteiger partial charge in [0.25, 0.3) is 5.69 Å². The van der Waals surface area contributed by atoms with Crippen molar-refractivity contribution in [1.82, 2.24) is 0 Å². The van der Waals surface area contributed by atoms with Crippen molar-refractivity contribution in [2.24, 2.45) is 0 Å². The molecular weight excluding hydrogens is 330 g/mol. The van der Waals surface area contributed by atoms with Crippen LogP contribution in [0.1, 0.15) is 0 Å². The highest BCUT2D eigenvalue weighted by Crippen LogP contribution is 2.37. The number of halogens is 1. The molecule has 4 nitrogen and oxygen atoms in total. The normalized spacial score (nSPS) is 10.2. The predicted octanol–water partition coefficient (Wildman–Crippen LogP) is 4.52. The maximum Gasteiger partial charge on any atom is 0.284 e. The minimum Gasteiger partial charge on any atom is -0.497 e. The highest BCUT2D eigenvalue weighted by molar-refractivity contribution is 9.10. The highest BCUT2D eigenvalue weighted by atomic mass is 79.9. The van der Waals surface area contributed by atoms with Crippen molar-refractivity contribution in [3.63, 3.8) is 0 Å². The molecule has 0 aromatic heterocycles. The molecule has 0 radical (unpaired) electrons. The number of ether oxygens (including phenoxy) is 1. The van der Waals surface area contributed by atoms with Crippen molar-refractivity contribution in [2.75, 3.05) is 7.11 Å². The van der Waals surface area contributed by atoms with Crippen LogP contribution in [-0.4, -0.2) is 12.0 Å². The third-order valence-electron chi connectivity index (χ3n) is 2.39. The standard InChI is InChI=1S/C13H10BrNO3S/c1-18-10-3-2-4-11(8-10)19-13-6-5-9(14)7-12(13)15(16)17/h2-8H,1H3. The molecule has 0 fully saturated rings. The van der Waals surface area contributed by atoms with E-state index in [4.69, 9.17) is 4.74 Å². The summed E-state index contributed by atoms with van der Waals surface area (Å²) in [6, 6.07) is 12.4. The van der Waals surface area contributed by atoms with Gasteiger partial charge in [0.1, 0.15) is 5.75 Å². The molecule has 2 aromatic rings. The second-order valence-corrected chi connectivity index (χ2v) is 5.68. The summed E-state index contributed by atoms with van der Waals surface area (Å²) in [4.78, 5) is 12.1. The lowest BCUT2D eigenvalue weighted by Gasteiger charge is -2.05. The summed E-state index contributed by atoms with van der Waals surface area (Å²) in [6.07, 6.45) is 0. The van der Waals surface area contributed by atoms with Crippen LogP contribution in [0.5, 0.6) is 5.75 Å². The fourth-order valence-corrected chi connectivity index (χ4v) is 2.81. The summed E-state index contributed by atoms with van der Waals surface area (Å²) in [5, 5.41) is 11.0. The Morgan fingerprint density at radius 1 is 1.26 bits per heavy atom. The van der Waals surface area contributed by atoms with E-state index in [-0.39, 0.29) is 10.6 Å². The first-order chi connectivity index (χ1) is 9.10. The second kappa shape index (κ2) is 6.08. The monoisotopic (exact) mass is 339 g/mol. The van der Waals surface area contributed by atoms with E-state index < -0.39 is 0 Å². The van der Waals surface area contributed by atoms with Crippen LogP contribution in [0.2, 0.25) is 0 Å². The van der Waals surface area contributed by atoms with Crippen LogP contribution in [0, 0.1) is 10.1 Å². The molecule has 0 aliphatic rings. The van der Waals surface area contributed by atoms with Crippen molar-refractivity contribution in [2.45, 2.75) is 9.79 Å². The van der Waals surface area contributed by atoms with Crippen molar-refractivity contribution in [3.8, 4) is 5.75 Å². The zero-order chi connectivity index (χ0) is 13.8. The lowest BCUT2D eigenvalue weighted by molar-refractivity contribution is -0.387. The van der Waals surface area contributed by atoms with Crippen LogP contribution in [0.15, 0.2) is 56.7 Å². The molecule has 2 rings (SSSR count). The first-order valence-corrected chi connectivity index (χ1v) is 6.97. The van der Waals surface area contributed by atoms with E-state index in [9.17, 15) is 10.1 Å². The largest absolute Gasteiger partial charge is 0.497 e. The van der Waals surface area contributed by atoms with Crippen molar-refractivity contribution in [1.29, 1.82) is 0 Å². The average Bonchev–Trinajstić information content (AvgIpc) is 2.41. The fraction of sp³-hybridized carbons (Fsp3) is 0.0769. The Morgan fingerprint density at radius 2 is 2.05 bits per heavy atom. The lowest BCUT2D eigenvalue weighted by Crippen LogP contribution is -1.91.